The second-order valence-electron chi connectivity index (χ2n) is 3.29. The van der Waals surface area contributed by atoms with Crippen molar-refractivity contribution in [3.8, 4) is 0 Å². The molecular formula is C12H8BrNOS2. The molecular weight excluding hydrogens is 318 g/mol. The molecule has 0 spiro atoms. The first-order chi connectivity index (χ1) is 8.15. The third-order valence-corrected chi connectivity index (χ3v) is 3.76. The Kier molecular flexibility index (Phi) is 4.15. The maximum absolute atomic E-state index is 11.3. The number of rotatable bonds is 2. The number of nitrogens with one attached hydrogen (secondary N) is 1. The minimum atomic E-state index is -0.125. The Morgan fingerprint density at radius 1 is 1.29 bits per heavy atom. The smallest absolute Gasteiger partial charge is 0.263 e. The molecule has 1 aromatic rings. The maximum Gasteiger partial charge on any atom is 0.263 e. The van der Waals surface area contributed by atoms with E-state index in [1.807, 2.05) is 36.4 Å². The van der Waals surface area contributed by atoms with E-state index in [-0.39, 0.29) is 5.91 Å². The molecule has 17 heavy (non-hydrogen) atoms. The van der Waals surface area contributed by atoms with Gasteiger partial charge < -0.3 is 5.32 Å². The third kappa shape index (κ3) is 3.52. The first kappa shape index (κ1) is 12.5. The largest absolute Gasteiger partial charge is 0.307 e. The average Bonchev–Trinajstić information content (AvgIpc) is 2.60. The lowest BCUT2D eigenvalue weighted by molar-refractivity contribution is -0.115. The van der Waals surface area contributed by atoms with Crippen LogP contribution in [-0.4, -0.2) is 10.2 Å². The molecule has 0 aliphatic carbocycles. The number of amides is 1. The van der Waals surface area contributed by atoms with Gasteiger partial charge >= 0.3 is 0 Å². The predicted octanol–water partition coefficient (Wildman–Crippen LogP) is 3.49. The zero-order chi connectivity index (χ0) is 12.3. The summed E-state index contributed by atoms with van der Waals surface area (Å²) in [5, 5.41) is 2.57. The van der Waals surface area contributed by atoms with Crippen molar-refractivity contribution in [1.82, 2.24) is 5.32 Å². The van der Waals surface area contributed by atoms with Crippen molar-refractivity contribution in [2.75, 3.05) is 0 Å². The van der Waals surface area contributed by atoms with Crippen molar-refractivity contribution in [3.63, 3.8) is 0 Å². The van der Waals surface area contributed by atoms with E-state index in [1.54, 1.807) is 6.08 Å². The normalized spacial score (nSPS) is 18.1. The van der Waals surface area contributed by atoms with Crippen molar-refractivity contribution in [2.24, 2.45) is 0 Å². The van der Waals surface area contributed by atoms with E-state index in [2.05, 4.69) is 21.2 Å². The fourth-order valence-corrected chi connectivity index (χ4v) is 2.52. The van der Waals surface area contributed by atoms with Crippen molar-refractivity contribution in [3.05, 3.63) is 51.4 Å². The summed E-state index contributed by atoms with van der Waals surface area (Å²) in [6.07, 6.45) is 5.55. The van der Waals surface area contributed by atoms with E-state index in [0.717, 1.165) is 10.0 Å². The molecule has 5 heteroatoms. The summed E-state index contributed by atoms with van der Waals surface area (Å²) in [5.41, 5.74) is 1.08. The minimum Gasteiger partial charge on any atom is -0.307 e. The molecule has 1 aliphatic heterocycles. The summed E-state index contributed by atoms with van der Waals surface area (Å²) < 4.78 is 1.56. The summed E-state index contributed by atoms with van der Waals surface area (Å²) in [4.78, 5) is 12.0. The van der Waals surface area contributed by atoms with Crippen LogP contribution >= 0.6 is 39.9 Å². The molecule has 1 heterocycles. The summed E-state index contributed by atoms with van der Waals surface area (Å²) in [7, 11) is 0. The topological polar surface area (TPSA) is 29.1 Å². The van der Waals surface area contributed by atoms with E-state index < -0.39 is 0 Å². The van der Waals surface area contributed by atoms with Crippen LogP contribution in [0.4, 0.5) is 0 Å². The third-order valence-electron chi connectivity index (χ3n) is 2.05. The van der Waals surface area contributed by atoms with E-state index in [9.17, 15) is 4.79 Å². The van der Waals surface area contributed by atoms with Gasteiger partial charge in [-0.15, -0.1) is 0 Å². The lowest BCUT2D eigenvalue weighted by Gasteiger charge is -1.92. The minimum absolute atomic E-state index is 0.125. The molecule has 2 rings (SSSR count). The summed E-state index contributed by atoms with van der Waals surface area (Å²) >= 11 is 9.55. The van der Waals surface area contributed by atoms with Crippen LogP contribution in [0.5, 0.6) is 0 Å². The number of thioether (sulfide) groups is 1. The van der Waals surface area contributed by atoms with Gasteiger partial charge in [-0.05, 0) is 23.8 Å². The Bertz CT molecular complexity index is 520. The highest BCUT2D eigenvalue weighted by atomic mass is 79.9. The van der Waals surface area contributed by atoms with E-state index in [1.165, 1.54) is 11.8 Å². The van der Waals surface area contributed by atoms with Gasteiger partial charge in [0.05, 0.1) is 4.91 Å². The van der Waals surface area contributed by atoms with Crippen LogP contribution in [0.2, 0.25) is 0 Å². The molecule has 0 aromatic heterocycles. The van der Waals surface area contributed by atoms with Crippen molar-refractivity contribution >= 4 is 56.2 Å². The number of allylic oxidation sites excluding steroid dienone is 2. The van der Waals surface area contributed by atoms with Crippen molar-refractivity contribution in [1.29, 1.82) is 0 Å². The maximum atomic E-state index is 11.3. The molecule has 1 saturated heterocycles. The Balaban J connectivity index is 2.07. The van der Waals surface area contributed by atoms with Gasteiger partial charge in [-0.2, -0.15) is 0 Å². The SMILES string of the molecule is O=C1NC(=S)SC1=CC=Cc1ccc(Br)cc1. The molecule has 0 atom stereocenters. The van der Waals surface area contributed by atoms with Gasteiger partial charge in [-0.3, -0.25) is 4.79 Å². The first-order valence-corrected chi connectivity index (χ1v) is 6.84. The number of hydrogen-bond acceptors (Lipinski definition) is 3. The number of thiocarbonyl (C=S) groups is 1. The molecule has 2 nitrogen and oxygen atoms in total. The van der Waals surface area contributed by atoms with Gasteiger partial charge in [0.2, 0.25) is 0 Å². The highest BCUT2D eigenvalue weighted by molar-refractivity contribution is 9.10. The standard InChI is InChI=1S/C12H8BrNOS2/c13-9-6-4-8(5-7-9)2-1-3-10-11(15)14-12(16)17-10/h1-7H,(H,14,15,16). The van der Waals surface area contributed by atoms with Gasteiger partial charge in [0, 0.05) is 4.47 Å². The molecule has 0 saturated carbocycles. The Labute approximate surface area is 117 Å². The highest BCUT2D eigenvalue weighted by Crippen LogP contribution is 2.23. The second kappa shape index (κ2) is 5.62. The number of hydrogen-bond donors (Lipinski definition) is 1. The van der Waals surface area contributed by atoms with E-state index in [4.69, 9.17) is 12.2 Å². The molecule has 1 aliphatic rings. The van der Waals surface area contributed by atoms with Crippen LogP contribution in [0.15, 0.2) is 45.8 Å². The predicted molar refractivity (Wildman–Crippen MR) is 79.6 cm³/mol. The Hall–Kier alpha value is -0.910. The van der Waals surface area contributed by atoms with Gasteiger partial charge in [0.25, 0.3) is 5.91 Å². The number of carbonyl (C=O) groups excluding carboxylic acids is 1. The Morgan fingerprint density at radius 3 is 2.59 bits per heavy atom. The number of halogens is 1. The van der Waals surface area contributed by atoms with Gasteiger partial charge in [0.15, 0.2) is 0 Å². The number of benzene rings is 1. The van der Waals surface area contributed by atoms with Crippen LogP contribution in [0.1, 0.15) is 5.56 Å². The van der Waals surface area contributed by atoms with Gasteiger partial charge in [-0.25, -0.2) is 0 Å². The fourth-order valence-electron chi connectivity index (χ4n) is 1.26. The van der Waals surface area contributed by atoms with Gasteiger partial charge in [0.1, 0.15) is 4.32 Å². The highest BCUT2D eigenvalue weighted by Gasteiger charge is 2.20. The second-order valence-corrected chi connectivity index (χ2v) is 5.92. The summed E-state index contributed by atoms with van der Waals surface area (Å²) in [6.45, 7) is 0. The van der Waals surface area contributed by atoms with E-state index in [0.29, 0.717) is 9.23 Å². The lowest BCUT2D eigenvalue weighted by atomic mass is 10.2. The first-order valence-electron chi connectivity index (χ1n) is 4.82. The van der Waals surface area contributed by atoms with Crippen molar-refractivity contribution in [2.45, 2.75) is 0 Å². The number of carbonyl (C=O) groups is 1. The van der Waals surface area contributed by atoms with Crippen LogP contribution in [0, 0.1) is 0 Å². The molecule has 1 aromatic carbocycles. The zero-order valence-corrected chi connectivity index (χ0v) is 11.9. The molecule has 0 bridgehead atoms. The lowest BCUT2D eigenvalue weighted by Crippen LogP contribution is -2.17. The van der Waals surface area contributed by atoms with E-state index >= 15 is 0 Å². The molecule has 1 fully saturated rings. The molecule has 0 unspecified atom stereocenters. The Morgan fingerprint density at radius 2 is 2.00 bits per heavy atom. The van der Waals surface area contributed by atoms with Crippen LogP contribution in [0.3, 0.4) is 0 Å². The van der Waals surface area contributed by atoms with Crippen LogP contribution in [-0.2, 0) is 4.79 Å². The quantitative estimate of drug-likeness (QED) is 0.666. The van der Waals surface area contributed by atoms with Crippen molar-refractivity contribution < 1.29 is 4.79 Å². The zero-order valence-electron chi connectivity index (χ0n) is 8.64. The fraction of sp³-hybridized carbons (Fsp3) is 0. The molecule has 0 radical (unpaired) electrons. The molecule has 86 valence electrons. The summed E-state index contributed by atoms with van der Waals surface area (Å²) in [5.74, 6) is -0.125. The van der Waals surface area contributed by atoms with Crippen LogP contribution < -0.4 is 5.32 Å². The average molecular weight is 326 g/mol. The molecule has 1 amide bonds. The molecule has 1 N–H and O–H groups in total. The van der Waals surface area contributed by atoms with Gasteiger partial charge in [-0.1, -0.05) is 64.2 Å². The monoisotopic (exact) mass is 325 g/mol. The van der Waals surface area contributed by atoms with Crippen LogP contribution in [0.25, 0.3) is 6.08 Å². The summed E-state index contributed by atoms with van der Waals surface area (Å²) in [6, 6.07) is 7.93.